The van der Waals surface area contributed by atoms with E-state index < -0.39 is 12.6 Å². The molecule has 0 atom stereocenters. The van der Waals surface area contributed by atoms with Crippen LogP contribution in [0.2, 0.25) is 0 Å². The van der Waals surface area contributed by atoms with E-state index in [0.29, 0.717) is 24.7 Å². The van der Waals surface area contributed by atoms with Crippen LogP contribution in [-0.2, 0) is 11.3 Å². The number of carboxylic acids is 1. The van der Waals surface area contributed by atoms with Crippen molar-refractivity contribution in [2.75, 3.05) is 6.54 Å². The Kier molecular flexibility index (Phi) is 4.89. The van der Waals surface area contributed by atoms with Gasteiger partial charge in [0.05, 0.1) is 6.42 Å². The van der Waals surface area contributed by atoms with E-state index in [1.807, 2.05) is 4.90 Å². The molecule has 2 rings (SSSR count). The molecule has 1 aromatic rings. The first-order valence-electron chi connectivity index (χ1n) is 6.55. The number of para-hydroxylation sites is 1. The van der Waals surface area contributed by atoms with E-state index in [1.54, 1.807) is 18.2 Å². The number of rotatable bonds is 8. The van der Waals surface area contributed by atoms with Crippen molar-refractivity contribution in [1.82, 2.24) is 4.90 Å². The molecule has 1 aliphatic rings. The minimum atomic E-state index is -2.86. The number of hydrogen-bond acceptors (Lipinski definition) is 3. The van der Waals surface area contributed by atoms with Gasteiger partial charge in [0.1, 0.15) is 5.75 Å². The highest BCUT2D eigenvalue weighted by molar-refractivity contribution is 5.66. The standard InChI is InChI=1S/C14H17F2NO3/c15-14(16)20-12-4-2-1-3-10(12)9-17(11-5-6-11)8-7-13(18)19/h1-4,11,14H,5-9H2,(H,18,19). The van der Waals surface area contributed by atoms with Crippen LogP contribution < -0.4 is 4.74 Å². The highest BCUT2D eigenvalue weighted by atomic mass is 19.3. The molecule has 0 amide bonds. The molecule has 0 bridgehead atoms. The zero-order valence-electron chi connectivity index (χ0n) is 11.0. The van der Waals surface area contributed by atoms with E-state index in [2.05, 4.69) is 4.74 Å². The van der Waals surface area contributed by atoms with Crippen LogP contribution in [0, 0.1) is 0 Å². The first-order valence-corrected chi connectivity index (χ1v) is 6.55. The molecule has 1 fully saturated rings. The summed E-state index contributed by atoms with van der Waals surface area (Å²) in [5.41, 5.74) is 0.657. The molecule has 4 nitrogen and oxygen atoms in total. The number of benzene rings is 1. The third kappa shape index (κ3) is 4.45. The largest absolute Gasteiger partial charge is 0.481 e. The molecule has 0 heterocycles. The smallest absolute Gasteiger partial charge is 0.387 e. The van der Waals surface area contributed by atoms with Crippen LogP contribution in [0.5, 0.6) is 5.75 Å². The summed E-state index contributed by atoms with van der Waals surface area (Å²) in [4.78, 5) is 12.7. The van der Waals surface area contributed by atoms with Gasteiger partial charge in [-0.15, -0.1) is 0 Å². The highest BCUT2D eigenvalue weighted by Crippen LogP contribution is 2.30. The lowest BCUT2D eigenvalue weighted by molar-refractivity contribution is -0.137. The maximum Gasteiger partial charge on any atom is 0.387 e. The van der Waals surface area contributed by atoms with Crippen molar-refractivity contribution in [1.29, 1.82) is 0 Å². The van der Waals surface area contributed by atoms with Crippen LogP contribution in [0.25, 0.3) is 0 Å². The maximum absolute atomic E-state index is 12.3. The topological polar surface area (TPSA) is 49.8 Å². The molecule has 0 radical (unpaired) electrons. The summed E-state index contributed by atoms with van der Waals surface area (Å²) in [6, 6.07) is 6.99. The van der Waals surface area contributed by atoms with Crippen LogP contribution in [0.15, 0.2) is 24.3 Å². The molecule has 0 unspecified atom stereocenters. The number of carboxylic acid groups (broad SMARTS) is 1. The lowest BCUT2D eigenvalue weighted by atomic mass is 10.2. The fourth-order valence-electron chi connectivity index (χ4n) is 2.13. The van der Waals surface area contributed by atoms with E-state index in [1.165, 1.54) is 6.07 Å². The normalized spacial score (nSPS) is 14.8. The van der Waals surface area contributed by atoms with Crippen molar-refractivity contribution in [3.63, 3.8) is 0 Å². The minimum Gasteiger partial charge on any atom is -0.481 e. The van der Waals surface area contributed by atoms with Crippen molar-refractivity contribution >= 4 is 5.97 Å². The number of nitrogens with zero attached hydrogens (tertiary/aromatic N) is 1. The number of halogens is 2. The van der Waals surface area contributed by atoms with E-state index in [9.17, 15) is 13.6 Å². The summed E-state index contributed by atoms with van der Waals surface area (Å²) in [5, 5.41) is 8.75. The third-order valence-corrected chi connectivity index (χ3v) is 3.24. The van der Waals surface area contributed by atoms with Crippen molar-refractivity contribution in [3.8, 4) is 5.75 Å². The molecule has 0 saturated heterocycles. The van der Waals surface area contributed by atoms with Crippen molar-refractivity contribution in [2.24, 2.45) is 0 Å². The fraction of sp³-hybridized carbons (Fsp3) is 0.500. The van der Waals surface area contributed by atoms with E-state index in [0.717, 1.165) is 12.8 Å². The molecule has 0 aromatic heterocycles. The van der Waals surface area contributed by atoms with Gasteiger partial charge in [-0.1, -0.05) is 18.2 Å². The fourth-order valence-corrected chi connectivity index (χ4v) is 2.13. The molecule has 1 aliphatic carbocycles. The predicted molar refractivity (Wildman–Crippen MR) is 68.8 cm³/mol. The second-order valence-corrected chi connectivity index (χ2v) is 4.83. The number of carbonyl (C=O) groups is 1. The SMILES string of the molecule is O=C(O)CCN(Cc1ccccc1OC(F)F)C1CC1. The van der Waals surface area contributed by atoms with Gasteiger partial charge in [-0.2, -0.15) is 8.78 Å². The lowest BCUT2D eigenvalue weighted by Gasteiger charge is -2.22. The van der Waals surface area contributed by atoms with E-state index >= 15 is 0 Å². The van der Waals surface area contributed by atoms with Gasteiger partial charge in [0.15, 0.2) is 0 Å². The predicted octanol–water partition coefficient (Wildman–Crippen LogP) is 2.73. The van der Waals surface area contributed by atoms with Gasteiger partial charge in [-0.05, 0) is 18.9 Å². The first kappa shape index (κ1) is 14.7. The Morgan fingerprint density at radius 3 is 2.70 bits per heavy atom. The molecule has 1 saturated carbocycles. The Morgan fingerprint density at radius 1 is 1.40 bits per heavy atom. The van der Waals surface area contributed by atoms with Gasteiger partial charge in [0.25, 0.3) is 0 Å². The van der Waals surface area contributed by atoms with Crippen molar-refractivity contribution < 1.29 is 23.4 Å². The molecule has 1 N–H and O–H groups in total. The van der Waals surface area contributed by atoms with Crippen LogP contribution >= 0.6 is 0 Å². The lowest BCUT2D eigenvalue weighted by Crippen LogP contribution is -2.28. The Bertz CT molecular complexity index is 463. The second kappa shape index (κ2) is 6.65. The summed E-state index contributed by atoms with van der Waals surface area (Å²) in [6.07, 6.45) is 2.10. The number of ether oxygens (including phenoxy) is 1. The Balaban J connectivity index is 2.04. The monoisotopic (exact) mass is 285 g/mol. The van der Waals surface area contributed by atoms with Crippen LogP contribution in [0.1, 0.15) is 24.8 Å². The van der Waals surface area contributed by atoms with Crippen LogP contribution in [0.4, 0.5) is 8.78 Å². The molecule has 1 aromatic carbocycles. The summed E-state index contributed by atoms with van der Waals surface area (Å²) < 4.78 is 29.2. The quantitative estimate of drug-likeness (QED) is 0.798. The van der Waals surface area contributed by atoms with Crippen LogP contribution in [-0.4, -0.2) is 35.2 Å². The summed E-state index contributed by atoms with van der Waals surface area (Å²) in [6.45, 7) is -2.01. The zero-order valence-corrected chi connectivity index (χ0v) is 11.0. The highest BCUT2D eigenvalue weighted by Gasteiger charge is 2.29. The third-order valence-electron chi connectivity index (χ3n) is 3.24. The van der Waals surface area contributed by atoms with Gasteiger partial charge < -0.3 is 9.84 Å². The molecular formula is C14H17F2NO3. The summed E-state index contributed by atoms with van der Waals surface area (Å²) in [5.74, 6) is -0.698. The molecule has 110 valence electrons. The van der Waals surface area contributed by atoms with Gasteiger partial charge in [0, 0.05) is 24.7 Å². The number of hydrogen-bond donors (Lipinski definition) is 1. The first-order chi connectivity index (χ1) is 9.56. The average Bonchev–Trinajstić information content (AvgIpc) is 3.19. The molecule has 20 heavy (non-hydrogen) atoms. The Morgan fingerprint density at radius 2 is 2.10 bits per heavy atom. The summed E-state index contributed by atoms with van der Waals surface area (Å²) in [7, 11) is 0. The van der Waals surface area contributed by atoms with Crippen molar-refractivity contribution in [3.05, 3.63) is 29.8 Å². The van der Waals surface area contributed by atoms with E-state index in [-0.39, 0.29) is 12.2 Å². The summed E-state index contributed by atoms with van der Waals surface area (Å²) >= 11 is 0. The van der Waals surface area contributed by atoms with Crippen molar-refractivity contribution in [2.45, 2.75) is 38.5 Å². The van der Waals surface area contributed by atoms with Gasteiger partial charge in [-0.3, -0.25) is 9.69 Å². The van der Waals surface area contributed by atoms with Gasteiger partial charge in [-0.25, -0.2) is 0 Å². The van der Waals surface area contributed by atoms with Gasteiger partial charge in [0.2, 0.25) is 0 Å². The number of aliphatic carboxylic acids is 1. The Labute approximate surface area is 116 Å². The van der Waals surface area contributed by atoms with E-state index in [4.69, 9.17) is 5.11 Å². The minimum absolute atomic E-state index is 0.0500. The average molecular weight is 285 g/mol. The van der Waals surface area contributed by atoms with Gasteiger partial charge >= 0.3 is 12.6 Å². The molecule has 0 spiro atoms. The number of alkyl halides is 2. The zero-order chi connectivity index (χ0) is 14.5. The second-order valence-electron chi connectivity index (χ2n) is 4.83. The molecular weight excluding hydrogens is 268 g/mol. The molecule has 0 aliphatic heterocycles. The maximum atomic E-state index is 12.3. The van der Waals surface area contributed by atoms with Crippen LogP contribution in [0.3, 0.4) is 0 Å². The Hall–Kier alpha value is -1.69. The molecule has 6 heteroatoms.